The maximum absolute atomic E-state index is 15.1. The second-order valence-corrected chi connectivity index (χ2v) is 10.3. The molecular formula is C28H30FN3O5. The number of H-pyrrole nitrogens is 1. The summed E-state index contributed by atoms with van der Waals surface area (Å²) in [5.74, 6) is -0.251. The Bertz CT molecular complexity index is 1420. The predicted octanol–water partition coefficient (Wildman–Crippen LogP) is 4.04. The smallest absolute Gasteiger partial charge is 0.280 e. The molecule has 0 spiro atoms. The molecule has 1 aliphatic carbocycles. The van der Waals surface area contributed by atoms with Gasteiger partial charge in [-0.1, -0.05) is 19.9 Å². The fourth-order valence-corrected chi connectivity index (χ4v) is 5.54. The van der Waals surface area contributed by atoms with Crippen LogP contribution in [0.15, 0.2) is 45.7 Å². The van der Waals surface area contributed by atoms with Crippen molar-refractivity contribution in [2.45, 2.75) is 57.9 Å². The van der Waals surface area contributed by atoms with Gasteiger partial charge in [0.15, 0.2) is 0 Å². The number of hydrogen-bond acceptors (Lipinski definition) is 5. The van der Waals surface area contributed by atoms with Gasteiger partial charge in [-0.05, 0) is 78.1 Å². The van der Waals surface area contributed by atoms with Crippen molar-refractivity contribution in [3.8, 4) is 5.75 Å². The van der Waals surface area contributed by atoms with Crippen molar-refractivity contribution in [2.24, 2.45) is 0 Å². The minimum atomic E-state index is -0.939. The molecule has 0 saturated heterocycles. The van der Waals surface area contributed by atoms with Gasteiger partial charge in [-0.3, -0.25) is 14.4 Å². The molecule has 2 aliphatic rings. The Morgan fingerprint density at radius 1 is 1.19 bits per heavy atom. The number of hydrogen-bond donors (Lipinski definition) is 2. The number of aryl methyl sites for hydroxylation is 1. The zero-order valence-electron chi connectivity index (χ0n) is 21.2. The molecule has 0 unspecified atom stereocenters. The number of carbonyl (C=O) groups is 2. The topological polar surface area (TPSA) is 105 Å². The highest BCUT2D eigenvalue weighted by atomic mass is 19.1. The van der Waals surface area contributed by atoms with E-state index in [1.807, 2.05) is 32.9 Å². The third-order valence-corrected chi connectivity index (χ3v) is 7.26. The standard InChI is InChI=1S/C28H30FN3O5/c1-4-36-19-5-6-21-16(12-19)8-10-32(24(34)15-20-14-23(33)31-37-20)26(21)27(35)30-18-11-17-7-9-28(2,3)25(17)22(29)13-18/h5-6,11-14,26H,4,7-10,15H2,1-3H3,(H,30,35)(H,31,33)/t26-/m1/s1. The van der Waals surface area contributed by atoms with Gasteiger partial charge in [-0.25, -0.2) is 4.39 Å². The predicted molar refractivity (Wildman–Crippen MR) is 135 cm³/mol. The van der Waals surface area contributed by atoms with Gasteiger partial charge in [0.05, 0.1) is 13.0 Å². The third kappa shape index (κ3) is 4.77. The molecule has 0 radical (unpaired) electrons. The molecule has 1 aromatic heterocycles. The van der Waals surface area contributed by atoms with Crippen molar-refractivity contribution in [1.29, 1.82) is 0 Å². The van der Waals surface area contributed by atoms with E-state index in [0.29, 0.717) is 42.1 Å². The van der Waals surface area contributed by atoms with E-state index < -0.39 is 17.5 Å². The second kappa shape index (κ2) is 9.53. The molecule has 0 saturated carbocycles. The molecule has 2 N–H and O–H groups in total. The summed E-state index contributed by atoms with van der Waals surface area (Å²) >= 11 is 0. The number of fused-ring (bicyclic) bond motifs is 2. The fraction of sp³-hybridized carbons (Fsp3) is 0.393. The Morgan fingerprint density at radius 2 is 2.00 bits per heavy atom. The molecule has 0 fully saturated rings. The monoisotopic (exact) mass is 507 g/mol. The molecule has 2 heterocycles. The quantitative estimate of drug-likeness (QED) is 0.524. The van der Waals surface area contributed by atoms with E-state index in [1.54, 1.807) is 12.1 Å². The lowest BCUT2D eigenvalue weighted by Gasteiger charge is -2.36. The Hall–Kier alpha value is -3.88. The van der Waals surface area contributed by atoms with Crippen LogP contribution in [0.2, 0.25) is 0 Å². The third-order valence-electron chi connectivity index (χ3n) is 7.26. The molecule has 9 heteroatoms. The normalized spacial score (nSPS) is 17.7. The fourth-order valence-electron chi connectivity index (χ4n) is 5.54. The van der Waals surface area contributed by atoms with Gasteiger partial charge < -0.3 is 19.5 Å². The van der Waals surface area contributed by atoms with Crippen molar-refractivity contribution in [3.63, 3.8) is 0 Å². The highest BCUT2D eigenvalue weighted by Crippen LogP contribution is 2.41. The van der Waals surface area contributed by atoms with Crippen LogP contribution >= 0.6 is 0 Å². The Morgan fingerprint density at radius 3 is 2.73 bits per heavy atom. The Labute approximate surface area is 213 Å². The lowest BCUT2D eigenvalue weighted by Crippen LogP contribution is -2.46. The van der Waals surface area contributed by atoms with Crippen LogP contribution in [0, 0.1) is 5.82 Å². The zero-order valence-corrected chi connectivity index (χ0v) is 21.2. The first-order valence-corrected chi connectivity index (χ1v) is 12.5. The lowest BCUT2D eigenvalue weighted by molar-refractivity contribution is -0.139. The Balaban J connectivity index is 1.47. The second-order valence-electron chi connectivity index (χ2n) is 10.3. The molecular weight excluding hydrogens is 477 g/mol. The number of carbonyl (C=O) groups excluding carboxylic acids is 2. The van der Waals surface area contributed by atoms with Crippen molar-refractivity contribution >= 4 is 17.5 Å². The average Bonchev–Trinajstić information content (AvgIpc) is 3.39. The summed E-state index contributed by atoms with van der Waals surface area (Å²) in [7, 11) is 0. The number of nitrogens with zero attached hydrogens (tertiary/aromatic N) is 1. The number of anilines is 1. The maximum Gasteiger partial charge on any atom is 0.280 e. The van der Waals surface area contributed by atoms with E-state index in [4.69, 9.17) is 9.26 Å². The highest BCUT2D eigenvalue weighted by Gasteiger charge is 2.37. The lowest BCUT2D eigenvalue weighted by atomic mass is 9.86. The Kier molecular flexibility index (Phi) is 6.39. The molecule has 0 bridgehead atoms. The SMILES string of the molecule is CCOc1ccc2c(c1)CCN(C(=O)Cc1cc(=O)[nH]o1)[C@H]2C(=O)Nc1cc(F)c2c(c1)CCC2(C)C. The van der Waals surface area contributed by atoms with Crippen LogP contribution in [0.3, 0.4) is 0 Å². The number of aromatic nitrogens is 1. The minimum absolute atomic E-state index is 0.169. The molecule has 1 aliphatic heterocycles. The van der Waals surface area contributed by atoms with Crippen molar-refractivity contribution < 1.29 is 23.2 Å². The summed E-state index contributed by atoms with van der Waals surface area (Å²) in [4.78, 5) is 39.9. The largest absolute Gasteiger partial charge is 0.494 e. The summed E-state index contributed by atoms with van der Waals surface area (Å²) in [6.07, 6.45) is 1.94. The molecule has 194 valence electrons. The van der Waals surface area contributed by atoms with Gasteiger partial charge >= 0.3 is 0 Å². The van der Waals surface area contributed by atoms with Crippen molar-refractivity contribution in [1.82, 2.24) is 10.1 Å². The summed E-state index contributed by atoms with van der Waals surface area (Å²) in [5.41, 5.74) is 2.85. The number of nitrogens with one attached hydrogen (secondary N) is 2. The van der Waals surface area contributed by atoms with E-state index in [9.17, 15) is 14.4 Å². The maximum atomic E-state index is 15.1. The van der Waals surface area contributed by atoms with Crippen LogP contribution in [-0.4, -0.2) is 35.0 Å². The van der Waals surface area contributed by atoms with Crippen molar-refractivity contribution in [2.75, 3.05) is 18.5 Å². The van der Waals surface area contributed by atoms with E-state index in [1.165, 1.54) is 17.0 Å². The average molecular weight is 508 g/mol. The summed E-state index contributed by atoms with van der Waals surface area (Å²) < 4.78 is 25.8. The highest BCUT2D eigenvalue weighted by molar-refractivity contribution is 5.98. The van der Waals surface area contributed by atoms with Crippen molar-refractivity contribution in [3.05, 3.63) is 80.6 Å². The molecule has 37 heavy (non-hydrogen) atoms. The van der Waals surface area contributed by atoms with Crippen LogP contribution in [-0.2, 0) is 34.3 Å². The zero-order chi connectivity index (χ0) is 26.3. The van der Waals surface area contributed by atoms with E-state index in [2.05, 4.69) is 10.5 Å². The summed E-state index contributed by atoms with van der Waals surface area (Å²) in [6.45, 7) is 6.74. The molecule has 2 amide bonds. The summed E-state index contributed by atoms with van der Waals surface area (Å²) in [6, 6.07) is 8.92. The first-order valence-electron chi connectivity index (χ1n) is 12.5. The first-order chi connectivity index (χ1) is 17.7. The molecule has 8 nitrogen and oxygen atoms in total. The van der Waals surface area contributed by atoms with Gasteiger partial charge in [0, 0.05) is 18.3 Å². The van der Waals surface area contributed by atoms with Crippen LogP contribution in [0.4, 0.5) is 10.1 Å². The molecule has 1 atom stereocenters. The van der Waals surface area contributed by atoms with E-state index in [0.717, 1.165) is 24.0 Å². The van der Waals surface area contributed by atoms with Gasteiger partial charge in [-0.15, -0.1) is 0 Å². The molecule has 3 aromatic rings. The minimum Gasteiger partial charge on any atom is -0.494 e. The number of rotatable bonds is 6. The number of halogens is 1. The molecule has 2 aromatic carbocycles. The van der Waals surface area contributed by atoms with E-state index in [-0.39, 0.29) is 29.3 Å². The first kappa shape index (κ1) is 24.8. The van der Waals surface area contributed by atoms with Gasteiger partial charge in [-0.2, -0.15) is 5.16 Å². The van der Waals surface area contributed by atoms with Crippen LogP contribution < -0.4 is 15.6 Å². The number of aromatic amines is 1. The van der Waals surface area contributed by atoms with E-state index >= 15 is 4.39 Å². The van der Waals surface area contributed by atoms with Gasteiger partial charge in [0.1, 0.15) is 23.4 Å². The van der Waals surface area contributed by atoms with Gasteiger partial charge in [0.2, 0.25) is 5.91 Å². The van der Waals surface area contributed by atoms with Gasteiger partial charge in [0.25, 0.3) is 11.5 Å². The molecule has 5 rings (SSSR count). The summed E-state index contributed by atoms with van der Waals surface area (Å²) in [5, 5.41) is 5.04. The van der Waals surface area contributed by atoms with Crippen LogP contribution in [0.5, 0.6) is 5.75 Å². The van der Waals surface area contributed by atoms with Crippen LogP contribution in [0.1, 0.15) is 61.2 Å². The number of ether oxygens (including phenoxy) is 1. The number of benzene rings is 2. The van der Waals surface area contributed by atoms with Crippen LogP contribution in [0.25, 0.3) is 0 Å². The number of amides is 2.